The topological polar surface area (TPSA) is 100 Å². The van der Waals surface area contributed by atoms with E-state index < -0.39 is 6.23 Å². The summed E-state index contributed by atoms with van der Waals surface area (Å²) in [5, 5.41) is 25.3. The van der Waals surface area contributed by atoms with Gasteiger partial charge in [-0.15, -0.1) is 5.10 Å². The normalized spacial score (nSPS) is 23.8. The van der Waals surface area contributed by atoms with Gasteiger partial charge in [0, 0.05) is 69.6 Å². The summed E-state index contributed by atoms with van der Waals surface area (Å²) in [6.45, 7) is 5.82. The van der Waals surface area contributed by atoms with Gasteiger partial charge in [-0.05, 0) is 44.2 Å². The predicted molar refractivity (Wildman–Crippen MR) is 156 cm³/mol. The van der Waals surface area contributed by atoms with Crippen LogP contribution in [0.4, 0.5) is 5.82 Å². The molecule has 40 heavy (non-hydrogen) atoms. The van der Waals surface area contributed by atoms with Crippen LogP contribution in [0.2, 0.25) is 0 Å². The van der Waals surface area contributed by atoms with Gasteiger partial charge in [0.15, 0.2) is 6.23 Å². The van der Waals surface area contributed by atoms with E-state index in [1.807, 2.05) is 6.20 Å². The molecule has 6 rings (SSSR count). The first-order chi connectivity index (χ1) is 19.5. The Hall–Kier alpha value is -3.47. The van der Waals surface area contributed by atoms with Crippen LogP contribution in [0.3, 0.4) is 0 Å². The molecule has 4 heterocycles. The lowest BCUT2D eigenvalue weighted by Gasteiger charge is -2.38. The molecule has 2 aromatic heterocycles. The van der Waals surface area contributed by atoms with Crippen LogP contribution in [-0.4, -0.2) is 87.9 Å². The number of pyridine rings is 1. The molecule has 1 atom stereocenters. The lowest BCUT2D eigenvalue weighted by atomic mass is 9.93. The molecule has 3 aliphatic rings. The Balaban J connectivity index is 1.20. The summed E-state index contributed by atoms with van der Waals surface area (Å²) >= 11 is 0. The number of nitrogens with one attached hydrogen (secondary N) is 1. The summed E-state index contributed by atoms with van der Waals surface area (Å²) in [5.41, 5.74) is 4.48. The quantitative estimate of drug-likeness (QED) is 0.438. The molecule has 0 amide bonds. The molecule has 0 radical (unpaired) electrons. The van der Waals surface area contributed by atoms with Gasteiger partial charge in [0.2, 0.25) is 5.90 Å². The standard InChI is InChI=1S/C30H39N7O3/c1-4-31-27-15-26-25(16-32-27)30(21-7-5-20(6-8-21)17-36-18-24(19-36)39-3)34-37(26)22-9-11-23(12-10-22)40-28-13-14-29(38)35(2)33-28/h5-8,13-16,22-24,29,38H,4,9-12,17-19H2,1-3H3,(H,31,32). The number of ether oxygens (including phenoxy) is 2. The number of hydrogen-bond donors (Lipinski definition) is 2. The van der Waals surface area contributed by atoms with Gasteiger partial charge in [0.05, 0.1) is 17.7 Å². The summed E-state index contributed by atoms with van der Waals surface area (Å²) in [6, 6.07) is 11.2. The van der Waals surface area contributed by atoms with E-state index in [-0.39, 0.29) is 12.1 Å². The second kappa shape index (κ2) is 11.6. The summed E-state index contributed by atoms with van der Waals surface area (Å²) in [5.74, 6) is 1.42. The maximum absolute atomic E-state index is 9.82. The number of hydrazone groups is 1. The van der Waals surface area contributed by atoms with Crippen molar-refractivity contribution in [3.8, 4) is 11.3 Å². The van der Waals surface area contributed by atoms with Crippen LogP contribution in [0.5, 0.6) is 0 Å². The molecular weight excluding hydrogens is 506 g/mol. The molecule has 0 spiro atoms. The van der Waals surface area contributed by atoms with Crippen molar-refractivity contribution < 1.29 is 14.6 Å². The highest BCUT2D eigenvalue weighted by Crippen LogP contribution is 2.36. The van der Waals surface area contributed by atoms with E-state index >= 15 is 0 Å². The molecule has 1 unspecified atom stereocenters. The smallest absolute Gasteiger partial charge is 0.230 e. The largest absolute Gasteiger partial charge is 0.473 e. The van der Waals surface area contributed by atoms with Crippen molar-refractivity contribution in [1.82, 2.24) is 24.7 Å². The minimum absolute atomic E-state index is 0.0988. The fraction of sp³-hybridized carbons (Fsp3) is 0.500. The van der Waals surface area contributed by atoms with E-state index in [9.17, 15) is 5.11 Å². The van der Waals surface area contributed by atoms with Crippen molar-refractivity contribution in [3.05, 3.63) is 54.2 Å². The number of benzene rings is 1. The van der Waals surface area contributed by atoms with E-state index in [1.54, 1.807) is 26.3 Å². The number of aliphatic hydroxyl groups is 1. The molecule has 2 N–H and O–H groups in total. The van der Waals surface area contributed by atoms with E-state index in [4.69, 9.17) is 14.6 Å². The van der Waals surface area contributed by atoms with Gasteiger partial charge in [-0.1, -0.05) is 24.3 Å². The van der Waals surface area contributed by atoms with Crippen molar-refractivity contribution >= 4 is 22.6 Å². The van der Waals surface area contributed by atoms with Crippen LogP contribution in [0.1, 0.15) is 44.2 Å². The van der Waals surface area contributed by atoms with E-state index in [0.717, 1.165) is 79.8 Å². The average molecular weight is 546 g/mol. The van der Waals surface area contributed by atoms with Crippen molar-refractivity contribution in [3.63, 3.8) is 0 Å². The first-order valence-corrected chi connectivity index (χ1v) is 14.3. The number of aromatic nitrogens is 3. The molecule has 1 saturated carbocycles. The average Bonchev–Trinajstić information content (AvgIpc) is 3.32. The van der Waals surface area contributed by atoms with Gasteiger partial charge in [-0.3, -0.25) is 14.6 Å². The number of nitrogens with zero attached hydrogens (tertiary/aromatic N) is 6. The first kappa shape index (κ1) is 26.7. The maximum Gasteiger partial charge on any atom is 0.230 e. The molecule has 0 bridgehead atoms. The van der Waals surface area contributed by atoms with Gasteiger partial charge in [0.1, 0.15) is 17.6 Å². The molecule has 10 heteroatoms. The SMILES string of the molecule is CCNc1cc2c(cn1)c(-c1ccc(CN3CC(OC)C3)cc1)nn2C1CCC(OC2=NN(C)C(O)C=C2)CC1. The number of fused-ring (bicyclic) bond motifs is 1. The summed E-state index contributed by atoms with van der Waals surface area (Å²) < 4.78 is 13.8. The lowest BCUT2D eigenvalue weighted by Crippen LogP contribution is -2.50. The molecule has 212 valence electrons. The van der Waals surface area contributed by atoms with Crippen LogP contribution >= 0.6 is 0 Å². The summed E-state index contributed by atoms with van der Waals surface area (Å²) in [7, 11) is 3.52. The zero-order valence-corrected chi connectivity index (χ0v) is 23.5. The number of hydrogen-bond acceptors (Lipinski definition) is 9. The Kier molecular flexibility index (Phi) is 7.73. The van der Waals surface area contributed by atoms with Gasteiger partial charge in [-0.25, -0.2) is 4.98 Å². The minimum atomic E-state index is -0.702. The molecule has 3 aromatic rings. The minimum Gasteiger partial charge on any atom is -0.473 e. The third-order valence-corrected chi connectivity index (χ3v) is 8.17. The summed E-state index contributed by atoms with van der Waals surface area (Å²) in [4.78, 5) is 7.08. The molecule has 1 saturated heterocycles. The Morgan fingerprint density at radius 1 is 1.07 bits per heavy atom. The number of rotatable bonds is 8. The molecule has 1 aromatic carbocycles. The van der Waals surface area contributed by atoms with Gasteiger partial charge >= 0.3 is 0 Å². The number of anilines is 1. The Labute approximate surface area is 235 Å². The zero-order valence-electron chi connectivity index (χ0n) is 23.5. The van der Waals surface area contributed by atoms with Crippen LogP contribution in [0, 0.1) is 0 Å². The summed E-state index contributed by atoms with van der Waals surface area (Å²) in [6.07, 6.45) is 8.93. The van der Waals surface area contributed by atoms with E-state index in [1.165, 1.54) is 10.6 Å². The Morgan fingerprint density at radius 3 is 2.55 bits per heavy atom. The highest BCUT2D eigenvalue weighted by atomic mass is 16.5. The second-order valence-corrected chi connectivity index (χ2v) is 11.0. The molecular formula is C30H39N7O3. The maximum atomic E-state index is 9.82. The second-order valence-electron chi connectivity index (χ2n) is 11.0. The molecule has 2 fully saturated rings. The Morgan fingerprint density at radius 2 is 1.85 bits per heavy atom. The van der Waals surface area contributed by atoms with Crippen molar-refractivity contribution in [2.24, 2.45) is 5.10 Å². The fourth-order valence-electron chi connectivity index (χ4n) is 5.81. The van der Waals surface area contributed by atoms with Crippen molar-refractivity contribution in [2.75, 3.05) is 39.1 Å². The third kappa shape index (κ3) is 5.56. The van der Waals surface area contributed by atoms with Crippen LogP contribution in [-0.2, 0) is 16.0 Å². The number of likely N-dealkylation sites (tertiary alicyclic amines) is 1. The first-order valence-electron chi connectivity index (χ1n) is 14.3. The Bertz CT molecular complexity index is 1370. The van der Waals surface area contributed by atoms with Gasteiger partial charge in [-0.2, -0.15) is 5.10 Å². The zero-order chi connectivity index (χ0) is 27.6. The van der Waals surface area contributed by atoms with E-state index in [2.05, 4.69) is 62.2 Å². The number of likely N-dealkylation sites (N-methyl/N-ethyl adjacent to an activating group) is 1. The third-order valence-electron chi connectivity index (χ3n) is 8.17. The monoisotopic (exact) mass is 545 g/mol. The number of aliphatic hydroxyl groups excluding tert-OH is 1. The van der Waals surface area contributed by atoms with E-state index in [0.29, 0.717) is 12.0 Å². The predicted octanol–water partition coefficient (Wildman–Crippen LogP) is 3.99. The van der Waals surface area contributed by atoms with Crippen LogP contribution in [0.15, 0.2) is 53.8 Å². The van der Waals surface area contributed by atoms with Gasteiger partial charge < -0.3 is 19.9 Å². The highest BCUT2D eigenvalue weighted by molar-refractivity contribution is 5.94. The molecule has 2 aliphatic heterocycles. The highest BCUT2D eigenvalue weighted by Gasteiger charge is 2.28. The van der Waals surface area contributed by atoms with Gasteiger partial charge in [0.25, 0.3) is 0 Å². The lowest BCUT2D eigenvalue weighted by molar-refractivity contribution is -0.0333. The fourth-order valence-corrected chi connectivity index (χ4v) is 5.81. The van der Waals surface area contributed by atoms with Crippen LogP contribution in [0.25, 0.3) is 22.2 Å². The van der Waals surface area contributed by atoms with Crippen molar-refractivity contribution in [2.45, 2.75) is 63.6 Å². The van der Waals surface area contributed by atoms with Crippen LogP contribution < -0.4 is 5.32 Å². The molecule has 1 aliphatic carbocycles. The molecule has 10 nitrogen and oxygen atoms in total. The van der Waals surface area contributed by atoms with Crippen molar-refractivity contribution in [1.29, 1.82) is 0 Å². The number of methoxy groups -OCH3 is 1.